The van der Waals surface area contributed by atoms with Crippen molar-refractivity contribution in [1.29, 1.82) is 0 Å². The molecule has 1 unspecified atom stereocenters. The average molecular weight is 472 g/mol. The molecular weight excluding hydrogens is 434 g/mol. The first kappa shape index (κ1) is 25.6. The van der Waals surface area contributed by atoms with Gasteiger partial charge in [-0.25, -0.2) is 4.79 Å². The van der Waals surface area contributed by atoms with Crippen LogP contribution in [-0.2, 0) is 4.79 Å². The zero-order valence-electron chi connectivity index (χ0n) is 20.8. The second-order valence-corrected chi connectivity index (χ2v) is 9.49. The fraction of sp³-hybridized carbons (Fsp3) is 0.577. The molecule has 0 saturated heterocycles. The number of carbonyl (C=O) groups excluding carboxylic acids is 1. The molecule has 2 atom stereocenters. The molecule has 0 bridgehead atoms. The van der Waals surface area contributed by atoms with Gasteiger partial charge >= 0.3 is 5.97 Å². The molecular formula is C26H37N3O5. The molecule has 0 radical (unpaired) electrons. The van der Waals surface area contributed by atoms with Gasteiger partial charge in [0.2, 0.25) is 0 Å². The molecule has 1 aliphatic rings. The summed E-state index contributed by atoms with van der Waals surface area (Å²) in [7, 11) is 3.17. The summed E-state index contributed by atoms with van der Waals surface area (Å²) < 4.78 is 13.0. The molecule has 34 heavy (non-hydrogen) atoms. The van der Waals surface area contributed by atoms with Gasteiger partial charge in [0.25, 0.3) is 5.91 Å². The van der Waals surface area contributed by atoms with E-state index in [2.05, 4.69) is 24.3 Å². The van der Waals surface area contributed by atoms with E-state index in [0.717, 1.165) is 25.7 Å². The van der Waals surface area contributed by atoms with Crippen LogP contribution in [0.25, 0.3) is 11.3 Å². The van der Waals surface area contributed by atoms with Crippen LogP contribution >= 0.6 is 0 Å². The summed E-state index contributed by atoms with van der Waals surface area (Å²) in [5, 5.41) is 17.1. The van der Waals surface area contributed by atoms with E-state index in [1.165, 1.54) is 6.42 Å². The van der Waals surface area contributed by atoms with Crippen molar-refractivity contribution in [2.75, 3.05) is 14.2 Å². The van der Waals surface area contributed by atoms with Gasteiger partial charge in [0, 0.05) is 0 Å². The summed E-state index contributed by atoms with van der Waals surface area (Å²) >= 11 is 0. The average Bonchev–Trinajstić information content (AvgIpc) is 3.28. The molecule has 8 nitrogen and oxygen atoms in total. The summed E-state index contributed by atoms with van der Waals surface area (Å²) in [5.41, 5.74) is 1.55. The van der Waals surface area contributed by atoms with Crippen molar-refractivity contribution in [2.24, 2.45) is 11.8 Å². The van der Waals surface area contributed by atoms with Crippen LogP contribution in [0.4, 0.5) is 0 Å². The topological polar surface area (TPSA) is 103 Å². The van der Waals surface area contributed by atoms with E-state index in [9.17, 15) is 14.7 Å². The first-order valence-corrected chi connectivity index (χ1v) is 12.1. The Morgan fingerprint density at radius 1 is 1.12 bits per heavy atom. The highest BCUT2D eigenvalue weighted by Crippen LogP contribution is 2.40. The Morgan fingerprint density at radius 2 is 1.74 bits per heavy atom. The van der Waals surface area contributed by atoms with Gasteiger partial charge in [0.1, 0.15) is 17.5 Å². The predicted octanol–water partition coefficient (Wildman–Crippen LogP) is 4.94. The van der Waals surface area contributed by atoms with Crippen LogP contribution in [0.2, 0.25) is 0 Å². The Bertz CT molecular complexity index is 972. The molecule has 186 valence electrons. The molecule has 1 aliphatic carbocycles. The molecule has 1 heterocycles. The maximum Gasteiger partial charge on any atom is 0.326 e. The number of aromatic nitrogens is 2. The van der Waals surface area contributed by atoms with Crippen LogP contribution in [0.1, 0.15) is 75.8 Å². The molecule has 2 aromatic rings. The molecule has 0 spiro atoms. The van der Waals surface area contributed by atoms with Crippen molar-refractivity contribution in [2.45, 2.75) is 71.4 Å². The third-order valence-electron chi connectivity index (χ3n) is 6.90. The van der Waals surface area contributed by atoms with E-state index >= 15 is 0 Å². The smallest absolute Gasteiger partial charge is 0.326 e. The summed E-state index contributed by atoms with van der Waals surface area (Å²) in [6.45, 7) is 6.20. The maximum atomic E-state index is 13.2. The molecule has 1 amide bonds. The lowest BCUT2D eigenvalue weighted by atomic mass is 9.85. The fourth-order valence-corrected chi connectivity index (χ4v) is 4.60. The molecule has 0 aliphatic heterocycles. The Morgan fingerprint density at radius 3 is 2.26 bits per heavy atom. The summed E-state index contributed by atoms with van der Waals surface area (Å²) in [5.74, 6) is 0.261. The van der Waals surface area contributed by atoms with Crippen molar-refractivity contribution < 1.29 is 24.2 Å². The Labute approximate surface area is 201 Å². The number of hydrogen-bond acceptors (Lipinski definition) is 5. The van der Waals surface area contributed by atoms with Crippen molar-refractivity contribution >= 4 is 11.9 Å². The number of carboxylic acids is 1. The quantitative estimate of drug-likeness (QED) is 0.509. The van der Waals surface area contributed by atoms with Gasteiger partial charge in [-0.15, -0.1) is 0 Å². The van der Waals surface area contributed by atoms with Crippen LogP contribution in [0, 0.1) is 11.8 Å². The lowest BCUT2D eigenvalue weighted by molar-refractivity contribution is -0.139. The minimum Gasteiger partial charge on any atom is -0.496 e. The number of amides is 1. The van der Waals surface area contributed by atoms with Crippen molar-refractivity contribution in [3.8, 4) is 22.8 Å². The zero-order valence-corrected chi connectivity index (χ0v) is 20.8. The normalized spacial score (nSPS) is 16.2. The van der Waals surface area contributed by atoms with Gasteiger partial charge in [-0.1, -0.05) is 52.0 Å². The number of benzene rings is 1. The molecule has 3 rings (SSSR count). The number of nitrogens with zero attached hydrogens (tertiary/aromatic N) is 2. The second kappa shape index (κ2) is 11.4. The van der Waals surface area contributed by atoms with Crippen molar-refractivity contribution in [1.82, 2.24) is 15.1 Å². The standard InChI is InChI=1S/C26H37N3O5/c1-16(2)17(3)29-21(24-22(33-4)12-9-13-23(24)34-5)15-19(28-29)25(30)27-20(26(31)32)14-18-10-7-6-8-11-18/h9,12-13,15-18,20H,6-8,10-11,14H2,1-5H3,(H,27,30)(H,31,32)/t17?,20-/m0/s1. The largest absolute Gasteiger partial charge is 0.496 e. The molecule has 1 fully saturated rings. The van der Waals surface area contributed by atoms with Crippen molar-refractivity contribution in [3.05, 3.63) is 30.0 Å². The molecule has 1 aromatic carbocycles. The number of methoxy groups -OCH3 is 2. The van der Waals surface area contributed by atoms with Gasteiger partial charge < -0.3 is 19.9 Å². The first-order chi connectivity index (χ1) is 16.3. The number of ether oxygens (including phenoxy) is 2. The summed E-state index contributed by atoms with van der Waals surface area (Å²) in [6, 6.07) is 6.23. The molecule has 1 saturated carbocycles. The van der Waals surface area contributed by atoms with Crippen LogP contribution < -0.4 is 14.8 Å². The first-order valence-electron chi connectivity index (χ1n) is 12.1. The molecule has 1 aromatic heterocycles. The van der Waals surface area contributed by atoms with E-state index in [1.807, 2.05) is 25.1 Å². The Hall–Kier alpha value is -3.03. The van der Waals surface area contributed by atoms with Gasteiger partial charge in [-0.3, -0.25) is 9.48 Å². The highest BCUT2D eigenvalue weighted by molar-refractivity contribution is 5.96. The predicted molar refractivity (Wildman–Crippen MR) is 130 cm³/mol. The monoisotopic (exact) mass is 471 g/mol. The highest BCUT2D eigenvalue weighted by Gasteiger charge is 2.29. The third-order valence-corrected chi connectivity index (χ3v) is 6.90. The summed E-state index contributed by atoms with van der Waals surface area (Å²) in [6.07, 6.45) is 5.90. The van der Waals surface area contributed by atoms with Crippen LogP contribution in [-0.4, -0.2) is 47.0 Å². The number of carboxylic acid groups (broad SMARTS) is 1. The van der Waals surface area contributed by atoms with Crippen LogP contribution in [0.5, 0.6) is 11.5 Å². The second-order valence-electron chi connectivity index (χ2n) is 9.49. The Balaban J connectivity index is 1.96. The summed E-state index contributed by atoms with van der Waals surface area (Å²) in [4.78, 5) is 25.1. The van der Waals surface area contributed by atoms with E-state index in [4.69, 9.17) is 9.47 Å². The van der Waals surface area contributed by atoms with E-state index < -0.39 is 17.9 Å². The number of hydrogen-bond donors (Lipinski definition) is 2. The number of carbonyl (C=O) groups is 2. The van der Waals surface area contributed by atoms with Gasteiger partial charge in [-0.05, 0) is 43.4 Å². The van der Waals surface area contributed by atoms with Gasteiger partial charge in [-0.2, -0.15) is 5.10 Å². The number of rotatable bonds is 10. The fourth-order valence-electron chi connectivity index (χ4n) is 4.60. The van der Waals surface area contributed by atoms with E-state index in [-0.39, 0.29) is 17.7 Å². The van der Waals surface area contributed by atoms with Crippen molar-refractivity contribution in [3.63, 3.8) is 0 Å². The number of nitrogens with one attached hydrogen (secondary N) is 1. The Kier molecular flexibility index (Phi) is 8.58. The lowest BCUT2D eigenvalue weighted by Crippen LogP contribution is -2.42. The van der Waals surface area contributed by atoms with E-state index in [0.29, 0.717) is 35.1 Å². The minimum atomic E-state index is -1.01. The van der Waals surface area contributed by atoms with Gasteiger partial charge in [0.15, 0.2) is 5.69 Å². The lowest BCUT2D eigenvalue weighted by Gasteiger charge is -2.24. The molecule has 8 heteroatoms. The third kappa shape index (κ3) is 5.72. The zero-order chi connectivity index (χ0) is 24.8. The van der Waals surface area contributed by atoms with Crippen LogP contribution in [0.15, 0.2) is 24.3 Å². The molecule has 2 N–H and O–H groups in total. The van der Waals surface area contributed by atoms with Crippen LogP contribution in [0.3, 0.4) is 0 Å². The highest BCUT2D eigenvalue weighted by atomic mass is 16.5. The SMILES string of the molecule is COc1cccc(OC)c1-c1cc(C(=O)N[C@@H](CC2CCCCC2)C(=O)O)nn1C(C)C(C)C. The van der Waals surface area contributed by atoms with Gasteiger partial charge in [0.05, 0.1) is 31.5 Å². The maximum absolute atomic E-state index is 13.2. The number of aliphatic carboxylic acids is 1. The minimum absolute atomic E-state index is 0.0244. The van der Waals surface area contributed by atoms with E-state index in [1.54, 1.807) is 25.0 Å².